The maximum Gasteiger partial charge on any atom is 0.336 e. The molecule has 0 spiro atoms. The van der Waals surface area contributed by atoms with Crippen LogP contribution in [0, 0.1) is 0 Å². The topological polar surface area (TPSA) is 95.1 Å². The van der Waals surface area contributed by atoms with Crippen molar-refractivity contribution in [3.8, 4) is 22.5 Å². The Hall–Kier alpha value is -4.71. The number of aromatic nitrogens is 2. The Morgan fingerprint density at radius 3 is 2.30 bits per heavy atom. The standard InChI is InChI=1S/C31H27N3O3/c1-2-10-26(20-11-4-3-5-12-20)34-30(35)21-17-18-23(25(19-21)31(36)37)22-13-6-7-14-24(22)29-32-27-15-8-9-16-28(27)33-29/h3-9,11-19,26H,2,10H2,1H3,(H,32,33)(H,34,35)(H,36,37)/t26-/m1/s1. The Labute approximate surface area is 215 Å². The van der Waals surface area contributed by atoms with E-state index >= 15 is 0 Å². The van der Waals surface area contributed by atoms with Crippen molar-refractivity contribution in [2.75, 3.05) is 0 Å². The van der Waals surface area contributed by atoms with Crippen LogP contribution in [0.2, 0.25) is 0 Å². The minimum Gasteiger partial charge on any atom is -0.478 e. The van der Waals surface area contributed by atoms with Crippen LogP contribution >= 0.6 is 0 Å². The number of para-hydroxylation sites is 2. The third kappa shape index (κ3) is 5.00. The third-order valence-electron chi connectivity index (χ3n) is 6.46. The highest BCUT2D eigenvalue weighted by Crippen LogP contribution is 2.34. The van der Waals surface area contributed by atoms with E-state index in [-0.39, 0.29) is 17.5 Å². The van der Waals surface area contributed by atoms with Crippen LogP contribution in [0.3, 0.4) is 0 Å². The van der Waals surface area contributed by atoms with Crippen molar-refractivity contribution >= 4 is 22.9 Å². The van der Waals surface area contributed by atoms with Crippen LogP contribution in [0.4, 0.5) is 0 Å². The second kappa shape index (κ2) is 10.5. The van der Waals surface area contributed by atoms with Gasteiger partial charge in [0.05, 0.1) is 22.6 Å². The van der Waals surface area contributed by atoms with Crippen molar-refractivity contribution in [3.05, 3.63) is 114 Å². The largest absolute Gasteiger partial charge is 0.478 e. The number of imidazole rings is 1. The number of H-pyrrole nitrogens is 1. The van der Waals surface area contributed by atoms with Crippen LogP contribution < -0.4 is 5.32 Å². The second-order valence-electron chi connectivity index (χ2n) is 8.94. The molecule has 3 N–H and O–H groups in total. The molecule has 184 valence electrons. The summed E-state index contributed by atoms with van der Waals surface area (Å²) in [6.07, 6.45) is 1.68. The van der Waals surface area contributed by atoms with Crippen LogP contribution in [0.1, 0.15) is 52.1 Å². The number of carboxylic acids is 1. The number of aromatic amines is 1. The highest BCUT2D eigenvalue weighted by atomic mass is 16.4. The molecule has 1 heterocycles. The van der Waals surface area contributed by atoms with E-state index in [4.69, 9.17) is 4.98 Å². The molecule has 0 radical (unpaired) electrons. The van der Waals surface area contributed by atoms with E-state index in [9.17, 15) is 14.7 Å². The van der Waals surface area contributed by atoms with Crippen LogP contribution in [0.25, 0.3) is 33.5 Å². The number of nitrogens with one attached hydrogen (secondary N) is 2. The van der Waals surface area contributed by atoms with E-state index in [1.54, 1.807) is 12.1 Å². The molecule has 0 aliphatic heterocycles. The molecule has 0 saturated carbocycles. The SMILES string of the molecule is CCC[C@@H](NC(=O)c1ccc(-c2ccccc2-c2nc3ccccc3[nH]2)c(C(=O)O)c1)c1ccccc1. The van der Waals surface area contributed by atoms with Gasteiger partial charge in [0.15, 0.2) is 0 Å². The van der Waals surface area contributed by atoms with Gasteiger partial charge in [0.1, 0.15) is 5.82 Å². The summed E-state index contributed by atoms with van der Waals surface area (Å²) in [5.74, 6) is -0.751. The average Bonchev–Trinajstić information content (AvgIpc) is 3.37. The number of carboxylic acid groups (broad SMARTS) is 1. The molecule has 5 aromatic rings. The number of amides is 1. The van der Waals surface area contributed by atoms with Gasteiger partial charge in [0.25, 0.3) is 5.91 Å². The number of hydrogen-bond donors (Lipinski definition) is 3. The van der Waals surface area contributed by atoms with E-state index in [1.807, 2.05) is 78.9 Å². The van der Waals surface area contributed by atoms with Gasteiger partial charge in [-0.05, 0) is 47.4 Å². The van der Waals surface area contributed by atoms with Crippen molar-refractivity contribution in [2.45, 2.75) is 25.8 Å². The zero-order chi connectivity index (χ0) is 25.8. The summed E-state index contributed by atoms with van der Waals surface area (Å²) < 4.78 is 0. The van der Waals surface area contributed by atoms with Gasteiger partial charge < -0.3 is 15.4 Å². The van der Waals surface area contributed by atoms with Crippen molar-refractivity contribution in [2.24, 2.45) is 0 Å². The molecular formula is C31H27N3O3. The number of benzene rings is 4. The van der Waals surface area contributed by atoms with Gasteiger partial charge in [0.2, 0.25) is 0 Å². The first-order chi connectivity index (χ1) is 18.0. The minimum atomic E-state index is -1.10. The molecule has 0 aliphatic carbocycles. The zero-order valence-electron chi connectivity index (χ0n) is 20.4. The first kappa shape index (κ1) is 24.0. The van der Waals surface area contributed by atoms with E-state index < -0.39 is 5.97 Å². The Morgan fingerprint density at radius 2 is 1.57 bits per heavy atom. The van der Waals surface area contributed by atoms with Crippen LogP contribution in [0.5, 0.6) is 0 Å². The molecule has 37 heavy (non-hydrogen) atoms. The Kier molecular flexibility index (Phi) is 6.81. The average molecular weight is 490 g/mol. The van der Waals surface area contributed by atoms with Crippen LogP contribution in [-0.2, 0) is 0 Å². The van der Waals surface area contributed by atoms with Gasteiger partial charge in [-0.3, -0.25) is 4.79 Å². The Morgan fingerprint density at radius 1 is 0.865 bits per heavy atom. The number of rotatable bonds is 8. The zero-order valence-corrected chi connectivity index (χ0v) is 20.4. The summed E-state index contributed by atoms with van der Waals surface area (Å²) in [4.78, 5) is 33.6. The lowest BCUT2D eigenvalue weighted by Crippen LogP contribution is -2.28. The van der Waals surface area contributed by atoms with Crippen molar-refractivity contribution in [3.63, 3.8) is 0 Å². The predicted molar refractivity (Wildman–Crippen MR) is 145 cm³/mol. The third-order valence-corrected chi connectivity index (χ3v) is 6.46. The number of fused-ring (bicyclic) bond motifs is 1. The first-order valence-corrected chi connectivity index (χ1v) is 12.3. The second-order valence-corrected chi connectivity index (χ2v) is 8.94. The predicted octanol–water partition coefficient (Wildman–Crippen LogP) is 6.87. The summed E-state index contributed by atoms with van der Waals surface area (Å²) in [7, 11) is 0. The monoisotopic (exact) mass is 489 g/mol. The number of carbonyl (C=O) groups is 2. The maximum atomic E-state index is 13.2. The van der Waals surface area contributed by atoms with Gasteiger partial charge in [-0.25, -0.2) is 9.78 Å². The van der Waals surface area contributed by atoms with Gasteiger partial charge in [-0.1, -0.05) is 86.1 Å². The molecule has 0 aliphatic rings. The molecule has 1 atom stereocenters. The Balaban J connectivity index is 1.51. The molecule has 0 bridgehead atoms. The molecule has 0 unspecified atom stereocenters. The minimum absolute atomic E-state index is 0.0583. The van der Waals surface area contributed by atoms with Crippen molar-refractivity contribution in [1.82, 2.24) is 15.3 Å². The molecule has 1 aromatic heterocycles. The smallest absolute Gasteiger partial charge is 0.336 e. The molecule has 0 saturated heterocycles. The molecule has 1 amide bonds. The lowest BCUT2D eigenvalue weighted by atomic mass is 9.93. The normalized spacial score (nSPS) is 11.8. The fourth-order valence-electron chi connectivity index (χ4n) is 4.64. The number of hydrogen-bond acceptors (Lipinski definition) is 3. The van der Waals surface area contributed by atoms with E-state index in [0.717, 1.165) is 40.6 Å². The van der Waals surface area contributed by atoms with Crippen LogP contribution in [-0.4, -0.2) is 27.0 Å². The van der Waals surface area contributed by atoms with E-state index in [0.29, 0.717) is 17.0 Å². The van der Waals surface area contributed by atoms with Gasteiger partial charge in [-0.2, -0.15) is 0 Å². The fourth-order valence-corrected chi connectivity index (χ4v) is 4.64. The van der Waals surface area contributed by atoms with Gasteiger partial charge in [-0.15, -0.1) is 0 Å². The number of nitrogens with zero attached hydrogens (tertiary/aromatic N) is 1. The summed E-state index contributed by atoms with van der Waals surface area (Å²) in [6, 6.07) is 29.8. The Bertz CT molecular complexity index is 1540. The molecule has 6 nitrogen and oxygen atoms in total. The summed E-state index contributed by atoms with van der Waals surface area (Å²) in [5.41, 5.74) is 5.14. The van der Waals surface area contributed by atoms with E-state index in [2.05, 4.69) is 17.2 Å². The van der Waals surface area contributed by atoms with Gasteiger partial charge >= 0.3 is 5.97 Å². The highest BCUT2D eigenvalue weighted by Gasteiger charge is 2.21. The number of aromatic carboxylic acids is 1. The molecular weight excluding hydrogens is 462 g/mol. The van der Waals surface area contributed by atoms with Gasteiger partial charge in [0, 0.05) is 11.1 Å². The van der Waals surface area contributed by atoms with E-state index in [1.165, 1.54) is 6.07 Å². The molecule has 5 rings (SSSR count). The molecule has 0 fully saturated rings. The molecule has 4 aromatic carbocycles. The fraction of sp³-hybridized carbons (Fsp3) is 0.129. The highest BCUT2D eigenvalue weighted by molar-refractivity contribution is 6.03. The van der Waals surface area contributed by atoms with Crippen LogP contribution in [0.15, 0.2) is 97.1 Å². The lowest BCUT2D eigenvalue weighted by Gasteiger charge is -2.19. The summed E-state index contributed by atoms with van der Waals surface area (Å²) >= 11 is 0. The van der Waals surface area contributed by atoms with Crippen molar-refractivity contribution < 1.29 is 14.7 Å². The summed E-state index contributed by atoms with van der Waals surface area (Å²) in [5, 5.41) is 13.2. The maximum absolute atomic E-state index is 13.2. The lowest BCUT2D eigenvalue weighted by molar-refractivity contribution is 0.0697. The molecule has 6 heteroatoms. The number of carbonyl (C=O) groups excluding carboxylic acids is 1. The first-order valence-electron chi connectivity index (χ1n) is 12.3. The van der Waals surface area contributed by atoms with Crippen molar-refractivity contribution in [1.29, 1.82) is 0 Å². The quantitative estimate of drug-likeness (QED) is 0.222. The summed E-state index contributed by atoms with van der Waals surface area (Å²) in [6.45, 7) is 2.07.